The first-order valence-corrected chi connectivity index (χ1v) is 7.34. The average molecular weight is 283 g/mol. The Labute approximate surface area is 125 Å². The first-order chi connectivity index (χ1) is 10.1. The smallest absolute Gasteiger partial charge is 0.135 e. The molecule has 2 aromatic heterocycles. The van der Waals surface area contributed by atoms with Crippen LogP contribution in [-0.4, -0.2) is 40.0 Å². The molecule has 5 nitrogen and oxygen atoms in total. The molecule has 1 atom stereocenters. The fourth-order valence-corrected chi connectivity index (χ4v) is 2.78. The predicted octanol–water partition coefficient (Wildman–Crippen LogP) is 2.65. The molecule has 3 heterocycles. The molecule has 1 unspecified atom stereocenters. The van der Waals surface area contributed by atoms with Gasteiger partial charge in [-0.3, -0.25) is 0 Å². The first-order valence-electron chi connectivity index (χ1n) is 7.34. The summed E-state index contributed by atoms with van der Waals surface area (Å²) in [6.07, 6.45) is 2.95. The van der Waals surface area contributed by atoms with Crippen molar-refractivity contribution in [2.45, 2.75) is 26.2 Å². The van der Waals surface area contributed by atoms with Gasteiger partial charge in [-0.05, 0) is 45.5 Å². The molecule has 1 aliphatic heterocycles. The molecular weight excluding hydrogens is 262 g/mol. The zero-order valence-electron chi connectivity index (χ0n) is 12.8. The molecule has 5 heteroatoms. The van der Waals surface area contributed by atoms with Crippen LogP contribution in [0, 0.1) is 13.8 Å². The van der Waals surface area contributed by atoms with Crippen molar-refractivity contribution in [2.75, 3.05) is 25.5 Å². The van der Waals surface area contributed by atoms with E-state index >= 15 is 0 Å². The van der Waals surface area contributed by atoms with E-state index in [-0.39, 0.29) is 0 Å². The van der Waals surface area contributed by atoms with Gasteiger partial charge in [-0.25, -0.2) is 15.0 Å². The monoisotopic (exact) mass is 283 g/mol. The lowest BCUT2D eigenvalue weighted by molar-refractivity contribution is 0.410. The fraction of sp³-hybridized carbons (Fsp3) is 0.438. The number of rotatable bonds is 3. The van der Waals surface area contributed by atoms with Gasteiger partial charge in [0, 0.05) is 24.7 Å². The third-order valence-corrected chi connectivity index (χ3v) is 3.92. The Morgan fingerprint density at radius 1 is 1.29 bits per heavy atom. The zero-order chi connectivity index (χ0) is 14.8. The number of likely N-dealkylation sites (tertiary alicyclic amines) is 1. The first kappa shape index (κ1) is 13.9. The van der Waals surface area contributed by atoms with E-state index in [9.17, 15) is 0 Å². The van der Waals surface area contributed by atoms with E-state index in [2.05, 4.69) is 38.3 Å². The molecule has 0 aliphatic carbocycles. The normalized spacial score (nSPS) is 18.9. The molecule has 110 valence electrons. The van der Waals surface area contributed by atoms with Gasteiger partial charge >= 0.3 is 0 Å². The van der Waals surface area contributed by atoms with Crippen molar-refractivity contribution in [1.82, 2.24) is 19.9 Å². The lowest BCUT2D eigenvalue weighted by Gasteiger charge is -2.13. The molecule has 0 radical (unpaired) electrons. The lowest BCUT2D eigenvalue weighted by Crippen LogP contribution is -2.14. The number of hydrogen-bond acceptors (Lipinski definition) is 5. The molecule has 2 aromatic rings. The molecule has 1 N–H and O–H groups in total. The molecule has 0 bridgehead atoms. The van der Waals surface area contributed by atoms with E-state index in [1.54, 1.807) is 6.20 Å². The van der Waals surface area contributed by atoms with Crippen LogP contribution in [-0.2, 0) is 0 Å². The van der Waals surface area contributed by atoms with Gasteiger partial charge in [-0.1, -0.05) is 6.07 Å². The Morgan fingerprint density at radius 3 is 2.86 bits per heavy atom. The Morgan fingerprint density at radius 2 is 2.14 bits per heavy atom. The number of hydrogen-bond donors (Lipinski definition) is 1. The van der Waals surface area contributed by atoms with Crippen molar-refractivity contribution >= 4 is 11.6 Å². The third-order valence-electron chi connectivity index (χ3n) is 3.92. The zero-order valence-corrected chi connectivity index (χ0v) is 12.8. The number of aryl methyl sites for hydroxylation is 2. The number of pyridine rings is 1. The molecule has 0 spiro atoms. The highest BCUT2D eigenvalue weighted by Gasteiger charge is 2.23. The molecule has 0 aromatic carbocycles. The molecular formula is C16H21N5. The van der Waals surface area contributed by atoms with Crippen LogP contribution in [0.4, 0.5) is 11.6 Å². The summed E-state index contributed by atoms with van der Waals surface area (Å²) in [5.74, 6) is 2.99. The largest absolute Gasteiger partial charge is 0.325 e. The molecule has 1 saturated heterocycles. The van der Waals surface area contributed by atoms with Gasteiger partial charge in [0.1, 0.15) is 17.5 Å². The van der Waals surface area contributed by atoms with E-state index in [1.807, 2.05) is 26.0 Å². The fourth-order valence-electron chi connectivity index (χ4n) is 2.78. The van der Waals surface area contributed by atoms with Crippen molar-refractivity contribution in [3.8, 4) is 0 Å². The van der Waals surface area contributed by atoms with Crippen LogP contribution in [0.25, 0.3) is 0 Å². The van der Waals surface area contributed by atoms with Gasteiger partial charge in [0.15, 0.2) is 0 Å². The number of likely N-dealkylation sites (N-methyl/N-ethyl adjacent to an activating group) is 1. The van der Waals surface area contributed by atoms with Gasteiger partial charge in [0.05, 0.1) is 5.69 Å². The summed E-state index contributed by atoms with van der Waals surface area (Å²) in [4.78, 5) is 15.8. The van der Waals surface area contributed by atoms with E-state index in [0.29, 0.717) is 5.92 Å². The highest BCUT2D eigenvalue weighted by atomic mass is 15.1. The quantitative estimate of drug-likeness (QED) is 0.938. The molecule has 0 saturated carbocycles. The second kappa shape index (κ2) is 5.77. The number of nitrogens with one attached hydrogen (secondary N) is 1. The minimum atomic E-state index is 0.502. The molecule has 1 aliphatic rings. The van der Waals surface area contributed by atoms with Crippen LogP contribution in [0.3, 0.4) is 0 Å². The minimum absolute atomic E-state index is 0.502. The molecule has 1 fully saturated rings. The summed E-state index contributed by atoms with van der Waals surface area (Å²) in [6, 6.07) is 6.03. The van der Waals surface area contributed by atoms with Gasteiger partial charge in [-0.15, -0.1) is 0 Å². The Hall–Kier alpha value is -2.01. The number of aromatic nitrogens is 3. The van der Waals surface area contributed by atoms with Crippen LogP contribution in [0.5, 0.6) is 0 Å². The highest BCUT2D eigenvalue weighted by molar-refractivity contribution is 5.55. The van der Waals surface area contributed by atoms with E-state index in [4.69, 9.17) is 0 Å². The second-order valence-corrected chi connectivity index (χ2v) is 5.77. The van der Waals surface area contributed by atoms with Crippen molar-refractivity contribution in [3.63, 3.8) is 0 Å². The summed E-state index contributed by atoms with van der Waals surface area (Å²) < 4.78 is 0. The van der Waals surface area contributed by atoms with Crippen LogP contribution >= 0.6 is 0 Å². The van der Waals surface area contributed by atoms with Gasteiger partial charge in [0.2, 0.25) is 0 Å². The van der Waals surface area contributed by atoms with Crippen LogP contribution in [0.2, 0.25) is 0 Å². The Bertz CT molecular complexity index is 640. The predicted molar refractivity (Wildman–Crippen MR) is 83.9 cm³/mol. The van der Waals surface area contributed by atoms with Crippen molar-refractivity contribution in [3.05, 3.63) is 41.5 Å². The average Bonchev–Trinajstić information content (AvgIpc) is 2.88. The summed E-state index contributed by atoms with van der Waals surface area (Å²) in [5.41, 5.74) is 2.24. The summed E-state index contributed by atoms with van der Waals surface area (Å²) in [6.45, 7) is 6.18. The summed E-state index contributed by atoms with van der Waals surface area (Å²) in [5, 5.41) is 3.31. The molecule has 0 amide bonds. The topological polar surface area (TPSA) is 53.9 Å². The minimum Gasteiger partial charge on any atom is -0.325 e. The number of nitrogens with zero attached hydrogens (tertiary/aromatic N) is 4. The van der Waals surface area contributed by atoms with Crippen LogP contribution < -0.4 is 5.32 Å². The van der Waals surface area contributed by atoms with Crippen LogP contribution in [0.15, 0.2) is 24.4 Å². The van der Waals surface area contributed by atoms with Crippen molar-refractivity contribution in [1.29, 1.82) is 0 Å². The summed E-state index contributed by atoms with van der Waals surface area (Å²) in [7, 11) is 2.16. The van der Waals surface area contributed by atoms with Gasteiger partial charge < -0.3 is 10.2 Å². The highest BCUT2D eigenvalue weighted by Crippen LogP contribution is 2.27. The number of anilines is 2. The maximum absolute atomic E-state index is 4.62. The van der Waals surface area contributed by atoms with Crippen LogP contribution in [0.1, 0.15) is 29.4 Å². The standard InChI is InChI=1S/C16H21N5/c1-11-5-4-7-17-16(11)20-15-9-14(18-12(2)19-15)13-6-8-21(3)10-13/h4-5,7,9,13H,6,8,10H2,1-3H3,(H,17,18,19,20). The molecule has 3 rings (SSSR count). The third kappa shape index (κ3) is 3.19. The van der Waals surface area contributed by atoms with Gasteiger partial charge in [0.25, 0.3) is 0 Å². The van der Waals surface area contributed by atoms with E-state index < -0.39 is 0 Å². The second-order valence-electron chi connectivity index (χ2n) is 5.77. The maximum atomic E-state index is 4.62. The lowest BCUT2D eigenvalue weighted by atomic mass is 10.0. The van der Waals surface area contributed by atoms with E-state index in [0.717, 1.165) is 48.2 Å². The molecule has 21 heavy (non-hydrogen) atoms. The Kier molecular flexibility index (Phi) is 3.84. The van der Waals surface area contributed by atoms with Crippen molar-refractivity contribution in [2.24, 2.45) is 0 Å². The Balaban J connectivity index is 1.86. The van der Waals surface area contributed by atoms with Crippen molar-refractivity contribution < 1.29 is 0 Å². The maximum Gasteiger partial charge on any atom is 0.135 e. The van der Waals surface area contributed by atoms with E-state index in [1.165, 1.54) is 0 Å². The van der Waals surface area contributed by atoms with Gasteiger partial charge in [-0.2, -0.15) is 0 Å². The SMILES string of the molecule is Cc1nc(Nc2ncccc2C)cc(C2CCN(C)C2)n1. The summed E-state index contributed by atoms with van der Waals surface area (Å²) >= 11 is 0.